The van der Waals surface area contributed by atoms with Crippen LogP contribution in [0.3, 0.4) is 0 Å². The van der Waals surface area contributed by atoms with Crippen molar-refractivity contribution in [3.8, 4) is 5.75 Å². The van der Waals surface area contributed by atoms with Crippen LogP contribution in [-0.2, 0) is 9.53 Å². The van der Waals surface area contributed by atoms with E-state index in [0.717, 1.165) is 0 Å². The van der Waals surface area contributed by atoms with Crippen LogP contribution in [0.25, 0.3) is 0 Å². The van der Waals surface area contributed by atoms with Crippen molar-refractivity contribution in [3.63, 3.8) is 0 Å². The van der Waals surface area contributed by atoms with Crippen LogP contribution in [0.5, 0.6) is 5.75 Å². The second-order valence-electron chi connectivity index (χ2n) is 2.99. The summed E-state index contributed by atoms with van der Waals surface area (Å²) in [6.07, 6.45) is 0. The Hall–Kier alpha value is -1.95. The summed E-state index contributed by atoms with van der Waals surface area (Å²) in [5, 5.41) is 10.6. The van der Waals surface area contributed by atoms with E-state index in [1.54, 1.807) is 6.07 Å². The van der Waals surface area contributed by atoms with E-state index in [1.165, 1.54) is 25.3 Å². The van der Waals surface area contributed by atoms with Crippen LogP contribution >= 0.6 is 0 Å². The lowest BCUT2D eigenvalue weighted by atomic mass is 10.3. The van der Waals surface area contributed by atoms with E-state index in [4.69, 9.17) is 4.74 Å². The van der Waals surface area contributed by atoms with E-state index < -0.39 is 4.92 Å². The minimum atomic E-state index is -0.559. The predicted molar refractivity (Wildman–Crippen MR) is 55.5 cm³/mol. The Morgan fingerprint density at radius 1 is 1.38 bits per heavy atom. The van der Waals surface area contributed by atoms with Crippen molar-refractivity contribution < 1.29 is 19.2 Å². The highest BCUT2D eigenvalue weighted by Crippen LogP contribution is 2.25. The molecule has 6 nitrogen and oxygen atoms in total. The smallest absolute Gasteiger partial charge is 0.310 e. The van der Waals surface area contributed by atoms with Gasteiger partial charge in [-0.2, -0.15) is 0 Å². The molecule has 0 amide bonds. The number of hydrogen-bond donors (Lipinski definition) is 0. The Morgan fingerprint density at radius 2 is 2.06 bits per heavy atom. The van der Waals surface area contributed by atoms with Gasteiger partial charge in [0, 0.05) is 13.2 Å². The molecule has 0 heterocycles. The van der Waals surface area contributed by atoms with Gasteiger partial charge in [0.25, 0.3) is 0 Å². The molecular weight excluding hydrogens is 214 g/mol. The number of carbonyl (C=O) groups is 1. The molecule has 0 aliphatic rings. The normalized spacial score (nSPS) is 9.81. The van der Waals surface area contributed by atoms with Crippen LogP contribution in [-0.4, -0.2) is 31.0 Å². The fourth-order valence-electron chi connectivity index (χ4n) is 1.09. The molecule has 6 heteroatoms. The topological polar surface area (TPSA) is 78.7 Å². The number of ketones is 1. The van der Waals surface area contributed by atoms with Crippen molar-refractivity contribution in [2.45, 2.75) is 0 Å². The van der Waals surface area contributed by atoms with Gasteiger partial charge in [-0.1, -0.05) is 12.1 Å². The van der Waals surface area contributed by atoms with Crippen LogP contribution < -0.4 is 4.74 Å². The summed E-state index contributed by atoms with van der Waals surface area (Å²) < 4.78 is 9.65. The first-order chi connectivity index (χ1) is 7.65. The van der Waals surface area contributed by atoms with Gasteiger partial charge in [-0.3, -0.25) is 14.9 Å². The summed E-state index contributed by atoms with van der Waals surface area (Å²) in [5.74, 6) is -0.197. The summed E-state index contributed by atoms with van der Waals surface area (Å²) in [6.45, 7) is -0.306. The highest BCUT2D eigenvalue weighted by Gasteiger charge is 2.14. The molecule has 0 aliphatic carbocycles. The van der Waals surface area contributed by atoms with Gasteiger partial charge < -0.3 is 9.47 Å². The van der Waals surface area contributed by atoms with Crippen LogP contribution in [0.15, 0.2) is 24.3 Å². The Bertz CT molecular complexity index is 391. The number of benzene rings is 1. The second kappa shape index (κ2) is 5.82. The minimum absolute atomic E-state index is 0.0688. The number of rotatable bonds is 6. The lowest BCUT2D eigenvalue weighted by Crippen LogP contribution is -2.16. The van der Waals surface area contributed by atoms with Gasteiger partial charge in [-0.05, 0) is 6.07 Å². The van der Waals surface area contributed by atoms with Gasteiger partial charge in [0.2, 0.25) is 0 Å². The van der Waals surface area contributed by atoms with Gasteiger partial charge in [-0.15, -0.1) is 0 Å². The van der Waals surface area contributed by atoms with Crippen molar-refractivity contribution in [1.82, 2.24) is 0 Å². The molecule has 0 saturated heterocycles. The second-order valence-corrected chi connectivity index (χ2v) is 2.99. The zero-order chi connectivity index (χ0) is 12.0. The lowest BCUT2D eigenvalue weighted by Gasteiger charge is -2.05. The number of Topliss-reactive ketones (excluding diaryl/α,β-unsaturated/α-hetero) is 1. The van der Waals surface area contributed by atoms with E-state index in [0.29, 0.717) is 0 Å². The molecule has 0 aromatic heterocycles. The molecule has 0 N–H and O–H groups in total. The molecule has 0 bridgehead atoms. The monoisotopic (exact) mass is 225 g/mol. The van der Waals surface area contributed by atoms with Crippen LogP contribution in [0, 0.1) is 10.1 Å². The van der Waals surface area contributed by atoms with Gasteiger partial charge in [0.05, 0.1) is 4.92 Å². The number of nitrogens with zero attached hydrogens (tertiary/aromatic N) is 1. The minimum Gasteiger partial charge on any atom is -0.479 e. The van der Waals surface area contributed by atoms with Crippen LogP contribution in [0.1, 0.15) is 0 Å². The van der Waals surface area contributed by atoms with E-state index in [-0.39, 0.29) is 30.4 Å². The largest absolute Gasteiger partial charge is 0.479 e. The van der Waals surface area contributed by atoms with Gasteiger partial charge in [-0.25, -0.2) is 0 Å². The molecular formula is C10H11NO5. The highest BCUT2D eigenvalue weighted by molar-refractivity contribution is 5.81. The molecule has 0 aliphatic heterocycles. The molecule has 1 rings (SSSR count). The lowest BCUT2D eigenvalue weighted by molar-refractivity contribution is -0.385. The first-order valence-corrected chi connectivity index (χ1v) is 4.52. The first kappa shape index (κ1) is 12.1. The number of ether oxygens (including phenoxy) is 2. The molecule has 0 unspecified atom stereocenters. The summed E-state index contributed by atoms with van der Waals surface area (Å²) in [4.78, 5) is 21.1. The standard InChI is InChI=1S/C10H11NO5/c1-15-6-8(12)7-16-10-5-3-2-4-9(10)11(13)14/h2-5H,6-7H2,1H3. The Kier molecular flexibility index (Phi) is 4.41. The quantitative estimate of drug-likeness (QED) is 0.536. The third kappa shape index (κ3) is 3.32. The van der Waals surface area contributed by atoms with Crippen molar-refractivity contribution in [3.05, 3.63) is 34.4 Å². The molecule has 1 aromatic carbocycles. The molecule has 0 atom stereocenters. The number of carbonyl (C=O) groups excluding carboxylic acids is 1. The van der Waals surface area contributed by atoms with E-state index >= 15 is 0 Å². The molecule has 86 valence electrons. The maximum Gasteiger partial charge on any atom is 0.310 e. The fourth-order valence-corrected chi connectivity index (χ4v) is 1.09. The molecule has 0 radical (unpaired) electrons. The number of hydrogen-bond acceptors (Lipinski definition) is 5. The average Bonchev–Trinajstić information content (AvgIpc) is 2.27. The fraction of sp³-hybridized carbons (Fsp3) is 0.300. The van der Waals surface area contributed by atoms with E-state index in [9.17, 15) is 14.9 Å². The summed E-state index contributed by atoms with van der Waals surface area (Å²) in [5.41, 5.74) is -0.160. The Morgan fingerprint density at radius 3 is 2.69 bits per heavy atom. The number of methoxy groups -OCH3 is 1. The molecule has 16 heavy (non-hydrogen) atoms. The zero-order valence-corrected chi connectivity index (χ0v) is 8.71. The first-order valence-electron chi connectivity index (χ1n) is 4.52. The van der Waals surface area contributed by atoms with Crippen molar-refractivity contribution in [2.24, 2.45) is 0 Å². The van der Waals surface area contributed by atoms with Gasteiger partial charge in [0.1, 0.15) is 13.2 Å². The summed E-state index contributed by atoms with van der Waals surface area (Å²) in [6, 6.07) is 5.89. The molecule has 0 spiro atoms. The zero-order valence-electron chi connectivity index (χ0n) is 8.71. The van der Waals surface area contributed by atoms with Crippen molar-refractivity contribution in [2.75, 3.05) is 20.3 Å². The Balaban J connectivity index is 2.66. The Labute approximate surface area is 91.9 Å². The number of para-hydroxylation sites is 2. The van der Waals surface area contributed by atoms with Gasteiger partial charge >= 0.3 is 5.69 Å². The SMILES string of the molecule is COCC(=O)COc1ccccc1[N+](=O)[O-]. The van der Waals surface area contributed by atoms with Crippen molar-refractivity contribution >= 4 is 11.5 Å². The third-order valence-electron chi connectivity index (χ3n) is 1.76. The summed E-state index contributed by atoms with van der Waals surface area (Å²) in [7, 11) is 1.39. The van der Waals surface area contributed by atoms with Gasteiger partial charge in [0.15, 0.2) is 11.5 Å². The summed E-state index contributed by atoms with van der Waals surface area (Å²) >= 11 is 0. The van der Waals surface area contributed by atoms with E-state index in [1.807, 2.05) is 0 Å². The van der Waals surface area contributed by atoms with E-state index in [2.05, 4.69) is 4.74 Å². The molecule has 0 fully saturated rings. The van der Waals surface area contributed by atoms with Crippen LogP contribution in [0.2, 0.25) is 0 Å². The maximum atomic E-state index is 11.1. The number of nitro groups is 1. The molecule has 1 aromatic rings. The predicted octanol–water partition coefficient (Wildman–Crippen LogP) is 1.19. The van der Waals surface area contributed by atoms with Crippen LogP contribution in [0.4, 0.5) is 5.69 Å². The number of nitro benzene ring substituents is 1. The highest BCUT2D eigenvalue weighted by atomic mass is 16.6. The average molecular weight is 225 g/mol. The van der Waals surface area contributed by atoms with Crippen molar-refractivity contribution in [1.29, 1.82) is 0 Å². The third-order valence-corrected chi connectivity index (χ3v) is 1.76. The molecule has 0 saturated carbocycles. The maximum absolute atomic E-state index is 11.1.